The third-order valence-corrected chi connectivity index (χ3v) is 8.67. The number of carbonyl (C=O) groups excluding carboxylic acids is 1. The molecule has 1 fully saturated rings. The number of anilines is 1. The molecule has 6 nitrogen and oxygen atoms in total. The standard InChI is InChI=1S/C25H27Cl2N3O3S/c1-3-30(15-5-9-33-10-6-15)20-12-19(26)17-4-8-29(25(32)21(17)22(20)27)13-18-23-16(7-11-34-23)14(2)28-24(18)31/h7,11-12,15H,3-6,8-10,13H2,1-2H3,(H,28,31). The molecule has 0 spiro atoms. The first-order chi connectivity index (χ1) is 16.4. The number of fused-ring (bicyclic) bond motifs is 2. The van der Waals surface area contributed by atoms with Gasteiger partial charge in [-0.1, -0.05) is 23.2 Å². The van der Waals surface area contributed by atoms with E-state index in [4.69, 9.17) is 27.9 Å². The average molecular weight is 520 g/mol. The molecular formula is C25H27Cl2N3O3S. The molecule has 2 aliphatic rings. The molecule has 0 saturated carbocycles. The van der Waals surface area contributed by atoms with E-state index in [2.05, 4.69) is 16.8 Å². The normalized spacial score (nSPS) is 16.8. The molecule has 180 valence electrons. The van der Waals surface area contributed by atoms with Crippen LogP contribution in [0.4, 0.5) is 5.69 Å². The third-order valence-electron chi connectivity index (χ3n) is 6.98. The molecule has 1 N–H and O–H groups in total. The van der Waals surface area contributed by atoms with E-state index >= 15 is 0 Å². The number of nitrogens with zero attached hydrogens (tertiary/aromatic N) is 2. The second-order valence-electron chi connectivity index (χ2n) is 8.87. The van der Waals surface area contributed by atoms with Gasteiger partial charge in [-0.3, -0.25) is 9.59 Å². The molecule has 0 radical (unpaired) electrons. The number of hydrogen-bond acceptors (Lipinski definition) is 5. The fourth-order valence-corrected chi connectivity index (χ4v) is 6.83. The number of aryl methyl sites for hydroxylation is 1. The van der Waals surface area contributed by atoms with Crippen molar-refractivity contribution < 1.29 is 9.53 Å². The third kappa shape index (κ3) is 4.02. The lowest BCUT2D eigenvalue weighted by Gasteiger charge is -2.37. The van der Waals surface area contributed by atoms with Crippen LogP contribution in [0.3, 0.4) is 0 Å². The van der Waals surface area contributed by atoms with Crippen molar-refractivity contribution in [1.82, 2.24) is 9.88 Å². The van der Waals surface area contributed by atoms with E-state index in [1.165, 1.54) is 11.3 Å². The van der Waals surface area contributed by atoms with Crippen LogP contribution in [0.2, 0.25) is 10.0 Å². The van der Waals surface area contributed by atoms with Gasteiger partial charge in [-0.15, -0.1) is 11.3 Å². The van der Waals surface area contributed by atoms with Crippen LogP contribution in [0.25, 0.3) is 10.1 Å². The van der Waals surface area contributed by atoms with Crippen molar-refractivity contribution in [3.05, 3.63) is 60.3 Å². The second-order valence-corrected chi connectivity index (χ2v) is 10.6. The number of carbonyl (C=O) groups is 1. The number of nitrogens with one attached hydrogen (secondary N) is 1. The number of halogens is 2. The van der Waals surface area contributed by atoms with Gasteiger partial charge in [-0.25, -0.2) is 0 Å². The minimum atomic E-state index is -0.178. The van der Waals surface area contributed by atoms with Gasteiger partial charge >= 0.3 is 0 Å². The van der Waals surface area contributed by atoms with Crippen molar-refractivity contribution >= 4 is 56.2 Å². The van der Waals surface area contributed by atoms with Crippen LogP contribution in [0.5, 0.6) is 0 Å². The number of thiophene rings is 1. The Morgan fingerprint density at radius 1 is 1.26 bits per heavy atom. The molecule has 2 aromatic heterocycles. The summed E-state index contributed by atoms with van der Waals surface area (Å²) in [5, 5.41) is 4.01. The molecule has 0 unspecified atom stereocenters. The molecule has 9 heteroatoms. The lowest BCUT2D eigenvalue weighted by Crippen LogP contribution is -2.41. The zero-order valence-electron chi connectivity index (χ0n) is 19.2. The predicted octanol–water partition coefficient (Wildman–Crippen LogP) is 5.41. The Hall–Kier alpha value is -2.06. The molecule has 3 aromatic rings. The van der Waals surface area contributed by atoms with Crippen molar-refractivity contribution in [3.63, 3.8) is 0 Å². The maximum absolute atomic E-state index is 13.7. The molecule has 5 rings (SSSR count). The van der Waals surface area contributed by atoms with Gasteiger partial charge in [0.25, 0.3) is 11.5 Å². The summed E-state index contributed by atoms with van der Waals surface area (Å²) in [5.41, 5.74) is 3.35. The Bertz CT molecular complexity index is 1310. The number of amides is 1. The highest BCUT2D eigenvalue weighted by Gasteiger charge is 2.33. The summed E-state index contributed by atoms with van der Waals surface area (Å²) in [7, 11) is 0. The second kappa shape index (κ2) is 9.53. The fraction of sp³-hybridized carbons (Fsp3) is 0.440. The first kappa shape index (κ1) is 23.7. The smallest absolute Gasteiger partial charge is 0.256 e. The Morgan fingerprint density at radius 2 is 2.03 bits per heavy atom. The van der Waals surface area contributed by atoms with Crippen LogP contribution in [0.15, 0.2) is 22.3 Å². The first-order valence-corrected chi connectivity index (χ1v) is 13.3. The Morgan fingerprint density at radius 3 is 2.76 bits per heavy atom. The molecule has 1 amide bonds. The van der Waals surface area contributed by atoms with Crippen LogP contribution in [-0.2, 0) is 17.7 Å². The number of aromatic amines is 1. The molecule has 4 heterocycles. The quantitative estimate of drug-likeness (QED) is 0.489. The molecule has 34 heavy (non-hydrogen) atoms. The van der Waals surface area contributed by atoms with E-state index in [0.29, 0.717) is 53.4 Å². The zero-order chi connectivity index (χ0) is 24.0. The number of rotatable bonds is 5. The van der Waals surface area contributed by atoms with E-state index in [9.17, 15) is 9.59 Å². The summed E-state index contributed by atoms with van der Waals surface area (Å²) in [4.78, 5) is 33.4. The monoisotopic (exact) mass is 519 g/mol. The Kier molecular flexibility index (Phi) is 6.64. The molecule has 1 aromatic carbocycles. The van der Waals surface area contributed by atoms with Crippen LogP contribution in [-0.4, -0.2) is 48.1 Å². The molecule has 1 saturated heterocycles. The summed E-state index contributed by atoms with van der Waals surface area (Å²) in [6.45, 7) is 6.89. The van der Waals surface area contributed by atoms with E-state index < -0.39 is 0 Å². The van der Waals surface area contributed by atoms with E-state index in [1.807, 2.05) is 24.4 Å². The van der Waals surface area contributed by atoms with Crippen molar-refractivity contribution in [1.29, 1.82) is 0 Å². The van der Waals surface area contributed by atoms with Crippen LogP contribution in [0, 0.1) is 6.92 Å². The number of benzene rings is 1. The number of aromatic nitrogens is 1. The van der Waals surface area contributed by atoms with Gasteiger partial charge in [0, 0.05) is 53.1 Å². The molecule has 0 aliphatic carbocycles. The van der Waals surface area contributed by atoms with Gasteiger partial charge in [0.05, 0.1) is 28.4 Å². The van der Waals surface area contributed by atoms with Crippen molar-refractivity contribution in [2.75, 3.05) is 31.2 Å². The SMILES string of the molecule is CCN(c1cc(Cl)c2c(c1Cl)C(=O)N(Cc1c(=O)[nH]c(C)c3ccsc13)CC2)C1CCOCC1. The highest BCUT2D eigenvalue weighted by molar-refractivity contribution is 7.17. The number of hydrogen-bond donors (Lipinski definition) is 1. The minimum absolute atomic E-state index is 0.152. The van der Waals surface area contributed by atoms with Gasteiger partial charge in [-0.05, 0) is 56.2 Å². The average Bonchev–Trinajstić information content (AvgIpc) is 3.32. The zero-order valence-corrected chi connectivity index (χ0v) is 21.6. The van der Waals surface area contributed by atoms with Gasteiger partial charge < -0.3 is 19.5 Å². The fourth-order valence-electron chi connectivity index (χ4n) is 5.20. The van der Waals surface area contributed by atoms with Gasteiger partial charge in [0.1, 0.15) is 0 Å². The minimum Gasteiger partial charge on any atom is -0.381 e. The van der Waals surface area contributed by atoms with E-state index in [0.717, 1.165) is 46.4 Å². The Labute approximate surface area is 212 Å². The lowest BCUT2D eigenvalue weighted by molar-refractivity contribution is 0.0727. The van der Waals surface area contributed by atoms with E-state index in [-0.39, 0.29) is 18.0 Å². The van der Waals surface area contributed by atoms with Gasteiger partial charge in [0.15, 0.2) is 0 Å². The van der Waals surface area contributed by atoms with E-state index in [1.54, 1.807) is 4.90 Å². The first-order valence-electron chi connectivity index (χ1n) is 11.6. The summed E-state index contributed by atoms with van der Waals surface area (Å²) < 4.78 is 6.46. The van der Waals surface area contributed by atoms with Crippen molar-refractivity contribution in [2.45, 2.75) is 45.7 Å². The molecule has 0 bridgehead atoms. The largest absolute Gasteiger partial charge is 0.381 e. The number of H-pyrrole nitrogens is 1. The summed E-state index contributed by atoms with van der Waals surface area (Å²) in [6.07, 6.45) is 2.42. The van der Waals surface area contributed by atoms with Crippen LogP contribution >= 0.6 is 34.5 Å². The maximum Gasteiger partial charge on any atom is 0.256 e. The lowest BCUT2D eigenvalue weighted by atomic mass is 9.96. The number of pyridine rings is 1. The van der Waals surface area contributed by atoms with Gasteiger partial charge in [0.2, 0.25) is 0 Å². The van der Waals surface area contributed by atoms with Gasteiger partial charge in [-0.2, -0.15) is 0 Å². The Balaban J connectivity index is 1.52. The topological polar surface area (TPSA) is 65.6 Å². The molecular weight excluding hydrogens is 493 g/mol. The highest BCUT2D eigenvalue weighted by atomic mass is 35.5. The van der Waals surface area contributed by atoms with Crippen molar-refractivity contribution in [2.24, 2.45) is 0 Å². The predicted molar refractivity (Wildman–Crippen MR) is 139 cm³/mol. The molecule has 0 atom stereocenters. The summed E-state index contributed by atoms with van der Waals surface area (Å²) in [6, 6.07) is 4.20. The van der Waals surface area contributed by atoms with Crippen LogP contribution < -0.4 is 10.5 Å². The highest BCUT2D eigenvalue weighted by Crippen LogP contribution is 2.41. The molecule has 2 aliphatic heterocycles. The van der Waals surface area contributed by atoms with Crippen molar-refractivity contribution in [3.8, 4) is 0 Å². The summed E-state index contributed by atoms with van der Waals surface area (Å²) >= 11 is 15.2. The summed E-state index contributed by atoms with van der Waals surface area (Å²) in [5.74, 6) is -0.178. The maximum atomic E-state index is 13.7. The van der Waals surface area contributed by atoms with Crippen LogP contribution in [0.1, 0.15) is 46.9 Å². The number of ether oxygens (including phenoxy) is 1.